The van der Waals surface area contributed by atoms with Crippen LogP contribution in [0, 0.1) is 23.7 Å². The number of methoxy groups -OCH3 is 3. The Kier molecular flexibility index (Phi) is 26.1. The zero-order valence-electron chi connectivity index (χ0n) is 47.2. The Balaban J connectivity index is 1.72. The third kappa shape index (κ3) is 17.5. The Bertz CT molecular complexity index is 2150. The number of aromatic nitrogens is 2. The fourth-order valence-electron chi connectivity index (χ4n) is 9.35. The molecule has 0 bridgehead atoms. The second-order valence-electron chi connectivity index (χ2n) is 20.7. The zero-order valence-corrected chi connectivity index (χ0v) is 48.8. The second-order valence-corrected chi connectivity index (χ2v) is 23.6. The largest absolute Gasteiger partial charge is 0.467 e. The minimum atomic E-state index is -0.979. The first-order valence-corrected chi connectivity index (χ1v) is 28.2. The van der Waals surface area contributed by atoms with Gasteiger partial charge in [0.1, 0.15) is 24.4 Å². The van der Waals surface area contributed by atoms with Crippen LogP contribution in [-0.4, -0.2) is 160 Å². The topological polar surface area (TPSA) is 214 Å². The van der Waals surface area contributed by atoms with E-state index in [4.69, 9.17) is 23.9 Å². The van der Waals surface area contributed by atoms with Crippen molar-refractivity contribution in [1.82, 2.24) is 35.3 Å². The number of aliphatic imine (C=N–C) groups is 1. The number of carbonyl (C=O) groups is 5. The number of aryl methyl sites for hydroxylation is 1. The van der Waals surface area contributed by atoms with Crippen LogP contribution in [0.2, 0.25) is 0 Å². The Morgan fingerprint density at radius 1 is 0.919 bits per heavy atom. The number of benzene rings is 1. The van der Waals surface area contributed by atoms with Crippen LogP contribution in [-0.2, 0) is 39.8 Å². The summed E-state index contributed by atoms with van der Waals surface area (Å²) in [6.07, 6.45) is 2.01. The Morgan fingerprint density at radius 2 is 1.58 bits per heavy atom. The van der Waals surface area contributed by atoms with Gasteiger partial charge < -0.3 is 44.5 Å². The second kappa shape index (κ2) is 30.3. The summed E-state index contributed by atoms with van der Waals surface area (Å²) in [6.45, 7) is 23.3. The lowest BCUT2D eigenvalue weighted by molar-refractivity contribution is -0.148. The third-order valence-corrected chi connectivity index (χ3v) is 17.3. The average molecular weight is 1070 g/mol. The first kappa shape index (κ1) is 63.8. The van der Waals surface area contributed by atoms with Crippen molar-refractivity contribution in [2.45, 2.75) is 175 Å². The van der Waals surface area contributed by atoms with Crippen LogP contribution in [0.4, 0.5) is 10.5 Å². The molecule has 0 aliphatic carbocycles. The number of hydrogen-bond donors (Lipinski definition) is 3. The number of hydrogen-bond acceptors (Lipinski definition) is 15. The number of ether oxygens (including phenoxy) is 4. The van der Waals surface area contributed by atoms with E-state index in [0.29, 0.717) is 49.9 Å². The molecule has 0 saturated carbocycles. The van der Waals surface area contributed by atoms with Crippen molar-refractivity contribution in [3.63, 3.8) is 0 Å². The smallest absolute Gasteiger partial charge is 0.410 e. The molecular weight excluding hydrogens is 985 g/mol. The van der Waals surface area contributed by atoms with Gasteiger partial charge in [0, 0.05) is 34.9 Å². The first-order chi connectivity index (χ1) is 34.9. The molecule has 0 unspecified atom stereocenters. The van der Waals surface area contributed by atoms with Gasteiger partial charge in [-0.05, 0) is 80.6 Å². The third-order valence-electron chi connectivity index (χ3n) is 13.9. The van der Waals surface area contributed by atoms with Crippen molar-refractivity contribution >= 4 is 62.0 Å². The van der Waals surface area contributed by atoms with E-state index < -0.39 is 71.2 Å². The number of likely N-dealkylation sites (N-methyl/N-ethyl adjacent to an activating group) is 2. The number of aliphatic hydroxyl groups excluding tert-OH is 1. The van der Waals surface area contributed by atoms with E-state index >= 15 is 0 Å². The van der Waals surface area contributed by atoms with Gasteiger partial charge in [0.2, 0.25) is 23.6 Å². The molecule has 18 nitrogen and oxygen atoms in total. The van der Waals surface area contributed by atoms with Crippen molar-refractivity contribution in [1.29, 1.82) is 0 Å². The summed E-state index contributed by atoms with van der Waals surface area (Å²) in [5, 5.41) is 17.7. The summed E-state index contributed by atoms with van der Waals surface area (Å²) in [6, 6.07) is 5.94. The normalized spacial score (nSPS) is 17.9. The van der Waals surface area contributed by atoms with E-state index in [1.54, 1.807) is 49.0 Å². The van der Waals surface area contributed by atoms with Crippen LogP contribution >= 0.6 is 21.6 Å². The van der Waals surface area contributed by atoms with Gasteiger partial charge in [0.15, 0.2) is 0 Å². The molecule has 1 saturated heterocycles. The van der Waals surface area contributed by atoms with Crippen molar-refractivity contribution in [2.75, 3.05) is 48.6 Å². The number of rotatable bonds is 28. The van der Waals surface area contributed by atoms with Crippen molar-refractivity contribution in [3.05, 3.63) is 47.8 Å². The molecule has 0 spiro atoms. The number of nitrogens with zero attached hydrogens (tertiary/aromatic N) is 6. The summed E-state index contributed by atoms with van der Waals surface area (Å²) in [5.41, 5.74) is 2.14. The molecule has 2 heterocycles. The van der Waals surface area contributed by atoms with Crippen LogP contribution in [0.15, 0.2) is 41.5 Å². The highest BCUT2D eigenvalue weighted by molar-refractivity contribution is 8.82. The van der Waals surface area contributed by atoms with Gasteiger partial charge in [-0.1, -0.05) is 110 Å². The Labute approximate surface area is 449 Å². The number of aliphatic hydroxyl groups is 1. The quantitative estimate of drug-likeness (QED) is 0.0418. The van der Waals surface area contributed by atoms with E-state index in [0.717, 1.165) is 10.7 Å². The van der Waals surface area contributed by atoms with Crippen LogP contribution < -0.4 is 15.4 Å². The van der Waals surface area contributed by atoms with Gasteiger partial charge in [0.05, 0.1) is 77.6 Å². The molecule has 1 aromatic heterocycles. The molecule has 1 aromatic carbocycles. The molecule has 1 fully saturated rings. The summed E-state index contributed by atoms with van der Waals surface area (Å²) < 4.78 is 22.5. The average Bonchev–Trinajstić information content (AvgIpc) is 3.87. The predicted octanol–water partition coefficient (Wildman–Crippen LogP) is 8.04. The molecule has 5 amide bonds. The highest BCUT2D eigenvalue weighted by Gasteiger charge is 2.44. The van der Waals surface area contributed by atoms with Gasteiger partial charge in [-0.25, -0.2) is 14.8 Å². The molecule has 3 N–H and O–H groups in total. The van der Waals surface area contributed by atoms with Gasteiger partial charge in [0.25, 0.3) is 0 Å². The van der Waals surface area contributed by atoms with E-state index in [-0.39, 0.29) is 54.5 Å². The number of carbonyl (C=O) groups excluding carboxylic acids is 5. The fourth-order valence-corrected chi connectivity index (χ4v) is 11.6. The molecule has 1 aliphatic heterocycles. The van der Waals surface area contributed by atoms with Crippen LogP contribution in [0.1, 0.15) is 133 Å². The molecule has 416 valence electrons. The van der Waals surface area contributed by atoms with Gasteiger partial charge >= 0.3 is 12.1 Å². The van der Waals surface area contributed by atoms with Crippen LogP contribution in [0.3, 0.4) is 0 Å². The van der Waals surface area contributed by atoms with Crippen molar-refractivity contribution in [2.24, 2.45) is 28.7 Å². The lowest BCUT2D eigenvalue weighted by Crippen LogP contribution is -2.60. The van der Waals surface area contributed by atoms with Gasteiger partial charge in [-0.3, -0.25) is 24.1 Å². The van der Waals surface area contributed by atoms with Crippen molar-refractivity contribution < 1.29 is 48.0 Å². The molecule has 2 aromatic rings. The monoisotopic (exact) mass is 1070 g/mol. The maximum atomic E-state index is 14.7. The van der Waals surface area contributed by atoms with Gasteiger partial charge in [-0.2, -0.15) is 4.98 Å². The highest BCUT2D eigenvalue weighted by atomic mass is 33.1. The first-order valence-electron chi connectivity index (χ1n) is 26.1. The summed E-state index contributed by atoms with van der Waals surface area (Å²) >= 11 is 0. The fraction of sp³-hybridized carbons (Fsp3) is 0.704. The van der Waals surface area contributed by atoms with Crippen LogP contribution in [0.25, 0.3) is 0 Å². The molecule has 0 radical (unpaired) electrons. The van der Waals surface area contributed by atoms with E-state index in [2.05, 4.69) is 20.6 Å². The Morgan fingerprint density at radius 3 is 2.14 bits per heavy atom. The molecule has 10 atom stereocenters. The molecule has 74 heavy (non-hydrogen) atoms. The maximum Gasteiger partial charge on any atom is 0.410 e. The molecule has 3 rings (SSSR count). The summed E-state index contributed by atoms with van der Waals surface area (Å²) in [7, 11) is 10.8. The van der Waals surface area contributed by atoms with Crippen molar-refractivity contribution in [3.8, 4) is 6.01 Å². The summed E-state index contributed by atoms with van der Waals surface area (Å²) in [5.74, 6) is -2.81. The minimum Gasteiger partial charge on any atom is -0.467 e. The lowest BCUT2D eigenvalue weighted by Gasteiger charge is -2.41. The van der Waals surface area contributed by atoms with Gasteiger partial charge in [-0.15, -0.1) is 0 Å². The van der Waals surface area contributed by atoms with E-state index in [1.165, 1.54) is 54.9 Å². The lowest BCUT2D eigenvalue weighted by atomic mass is 9.89. The number of likely N-dealkylation sites (tertiary alicyclic amines) is 1. The maximum absolute atomic E-state index is 14.7. The van der Waals surface area contributed by atoms with E-state index in [1.807, 2.05) is 87.4 Å². The molecule has 1 aliphatic rings. The highest BCUT2D eigenvalue weighted by Crippen LogP contribution is 2.39. The minimum absolute atomic E-state index is 0.0434. The Hall–Kier alpha value is -4.50. The number of nitrogens with one attached hydrogen (secondary N) is 2. The van der Waals surface area contributed by atoms with E-state index in [9.17, 15) is 29.1 Å². The standard InChI is InChI=1S/C54H88N8O10S2/c1-18-34(8)46(41(69-15)29-43(63)62-28-24-27-40(62)48(70-16)35(9)49(65)56-36(10)47(64)37-25-22-21-23-26-37)60(13)51(67)44(32(4)5)59-50(66)45(33(6)7)61(14)53(68)72-31-54(11,12)74-73-42(20-3)57-39-30-55-52(71-17)58-38(39)19-2/h21-23,25-26,30,32-36,40-41,44-48,64H,18-20,24,27-29,31H2,1-17H3,(H,56,65)(H,59,66)/t34-,35+,36+,40-,41+,44-,45-,46-,47+,48+/m0/s1. The zero-order chi connectivity index (χ0) is 55.6. The summed E-state index contributed by atoms with van der Waals surface area (Å²) in [4.78, 5) is 88.9. The van der Waals surface area contributed by atoms with Crippen LogP contribution in [0.5, 0.6) is 6.01 Å². The molecular formula is C54H88N8O10S2. The molecule has 20 heteroatoms. The SMILES string of the molecule is CCC(=Nc1cnc(OC)nc1CC)SSC(C)(C)COC(=O)N(C)[C@H](C(=O)N[C@H](C(=O)N(C)[C@@H]([C@@H](C)CC)[C@@H](CC(=O)N1CCC[C@H]1[C@H](OC)[C@@H](C)C(=O)N[C@H](C)[C@@H](O)c1ccccc1)OC)C(C)C)C(C)C. The number of amides is 5. The predicted molar refractivity (Wildman–Crippen MR) is 294 cm³/mol.